The van der Waals surface area contributed by atoms with Crippen LogP contribution in [-0.2, 0) is 121 Å². The van der Waals surface area contributed by atoms with Crippen LogP contribution < -0.4 is 34.6 Å². The number of methoxy groups -OCH3 is 1. The van der Waals surface area contributed by atoms with E-state index in [1.165, 1.54) is 29.3 Å². The van der Waals surface area contributed by atoms with Crippen LogP contribution in [0.25, 0.3) is 0 Å². The second kappa shape index (κ2) is 29.6. The fourth-order valence-corrected chi connectivity index (χ4v) is 12.6. The van der Waals surface area contributed by atoms with E-state index in [9.17, 15) is 38.4 Å². The molecule has 5 aliphatic rings. The molecule has 1 radical (unpaired) electrons. The summed E-state index contributed by atoms with van der Waals surface area (Å²) in [7, 11) is 1.54. The van der Waals surface area contributed by atoms with Crippen LogP contribution in [0.3, 0.4) is 0 Å². The van der Waals surface area contributed by atoms with Crippen LogP contribution in [0.4, 0.5) is 17.1 Å². The molecule has 16 nitrogen and oxygen atoms in total. The number of benzene rings is 5. The summed E-state index contributed by atoms with van der Waals surface area (Å²) in [5.74, 6) is -0.859. The Morgan fingerprint density at radius 2 is 1.35 bits per heavy atom. The normalized spacial score (nSPS) is 17.8. The van der Waals surface area contributed by atoms with Crippen molar-refractivity contribution in [3.63, 3.8) is 0 Å². The van der Waals surface area contributed by atoms with E-state index in [0.29, 0.717) is 71.7 Å². The first kappa shape index (κ1) is 66.5. The number of rotatable bonds is 23. The smallest absolute Gasteiger partial charge is 0.258 e. The summed E-state index contributed by atoms with van der Waals surface area (Å²) in [5, 5.41) is 5.40. The average Bonchev–Trinajstić information content (AvgIpc) is 2.01. The van der Waals surface area contributed by atoms with Crippen LogP contribution in [0.5, 0.6) is 17.2 Å². The summed E-state index contributed by atoms with van der Waals surface area (Å²) in [6.07, 6.45) is 9.61. The van der Waals surface area contributed by atoms with Gasteiger partial charge in [-0.2, -0.15) is 18.2 Å². The van der Waals surface area contributed by atoms with Gasteiger partial charge in [0.2, 0.25) is 23.6 Å². The van der Waals surface area contributed by atoms with Gasteiger partial charge in [0.25, 0.3) is 11.8 Å². The van der Waals surface area contributed by atoms with Crippen molar-refractivity contribution in [2.24, 2.45) is 5.92 Å². The first-order chi connectivity index (χ1) is 39.6. The maximum atomic E-state index is 14.2. The molecule has 85 heavy (non-hydrogen) atoms. The number of unbranched alkanes of at least 4 members (excludes halogenated alkanes) is 1. The van der Waals surface area contributed by atoms with Gasteiger partial charge in [-0.05, 0) is 153 Å². The van der Waals surface area contributed by atoms with Gasteiger partial charge < -0.3 is 41.1 Å². The van der Waals surface area contributed by atoms with Crippen LogP contribution in [0, 0.1) is 19.3 Å². The number of hydrogen-bond acceptors (Lipinski definition) is 12. The van der Waals surface area contributed by atoms with Crippen LogP contribution in [0.15, 0.2) is 91.0 Å². The van der Waals surface area contributed by atoms with E-state index in [-0.39, 0.29) is 171 Å². The monoisotopic (exact) mass is 1420 g/mol. The molecule has 1 unspecified atom stereocenters. The summed E-state index contributed by atoms with van der Waals surface area (Å²) >= 11 is 1.35. The van der Waals surface area contributed by atoms with E-state index >= 15 is 0 Å². The second-order valence-electron chi connectivity index (χ2n) is 22.3. The Labute approximate surface area is 542 Å². The van der Waals surface area contributed by atoms with Crippen molar-refractivity contribution in [3.05, 3.63) is 147 Å². The number of anilines is 3. The molecule has 6 amide bonds. The molecule has 5 aromatic rings. The Balaban J connectivity index is 0.00000345. The quantitative estimate of drug-likeness (QED) is 0.0357. The summed E-state index contributed by atoms with van der Waals surface area (Å²) in [6, 6.07) is 28.3. The van der Waals surface area contributed by atoms with Gasteiger partial charge >= 0.3 is 0 Å². The van der Waals surface area contributed by atoms with Crippen molar-refractivity contribution in [2.45, 2.75) is 148 Å². The number of amides is 6. The molecule has 0 saturated carbocycles. The number of thioether (sulfide) groups is 1. The summed E-state index contributed by atoms with van der Waals surface area (Å²) in [5.41, 5.74) is 9.84. The molecular weight excluding hydrogens is 1340 g/mol. The minimum atomic E-state index is -0.853. The standard InChI is InChI=1S/C65H70N5O11S.CH4.W.Y/c1-38-25-51-43(20-22-48-30-45-13-6-9-17-53(45)69(48)63(51)76)32-56(38)80-36-41-27-42(37-81-58-33-44-21-23-49-31-46-14-7-10-18-54(46)70(49)64(77)52(44)34-57(58)79-4)29-47(28-41)67-62(75)39(2)26-55(72)40(3)66-60(73)19-11-8-15-50(71)16-12-24-68-61(74)35-59(82-5)65(68)78;;;/h6-7,9-10,13-14,17-18,23,25,27-29,32-34,39-40,48-49,59H,8,11-12,15-16,19-22,24,26,30-31,35-37H2,1-5H3,(H,66,73)(H,67,75);1H4;;/q-1;;;/t39-,40+,48-,49-,59?;;;/m1.../s1. The molecule has 1 fully saturated rings. The number of imide groups is 1. The van der Waals surface area contributed by atoms with Gasteiger partial charge in [-0.15, -0.1) is 0 Å². The average molecular weight is 1420 g/mol. The van der Waals surface area contributed by atoms with Crippen LogP contribution in [0.2, 0.25) is 0 Å². The van der Waals surface area contributed by atoms with Crippen molar-refractivity contribution in [2.75, 3.05) is 35.0 Å². The van der Waals surface area contributed by atoms with Crippen molar-refractivity contribution >= 4 is 75.8 Å². The van der Waals surface area contributed by atoms with Gasteiger partial charge in [0.15, 0.2) is 17.3 Å². The van der Waals surface area contributed by atoms with Gasteiger partial charge in [0, 0.05) is 133 Å². The maximum absolute atomic E-state index is 14.2. The summed E-state index contributed by atoms with van der Waals surface area (Å²) < 4.78 is 18.9. The molecule has 19 heteroatoms. The molecule has 2 N–H and O–H groups in total. The topological polar surface area (TPSA) is 198 Å². The van der Waals surface area contributed by atoms with Crippen molar-refractivity contribution in [1.29, 1.82) is 0 Å². The minimum Gasteiger partial charge on any atom is -0.493 e. The number of hydrogen-bond donors (Lipinski definition) is 2. The van der Waals surface area contributed by atoms with E-state index < -0.39 is 17.9 Å². The summed E-state index contributed by atoms with van der Waals surface area (Å²) in [4.78, 5) is 111. The molecule has 0 bridgehead atoms. The first-order valence-corrected chi connectivity index (χ1v) is 29.8. The van der Waals surface area contributed by atoms with E-state index in [1.54, 1.807) is 32.2 Å². The molecule has 0 aliphatic carbocycles. The number of carbonyl (C=O) groups excluding carboxylic acids is 8. The molecule has 1 saturated heterocycles. The predicted octanol–water partition coefficient (Wildman–Crippen LogP) is 10.1. The number of para-hydroxylation sites is 2. The first-order valence-electron chi connectivity index (χ1n) is 28.5. The second-order valence-corrected chi connectivity index (χ2v) is 23.3. The number of fused-ring (bicyclic) bond motifs is 8. The number of carbonyl (C=O) groups is 8. The number of ketones is 2. The van der Waals surface area contributed by atoms with E-state index in [1.807, 2.05) is 83.5 Å². The third-order valence-corrected chi connectivity index (χ3v) is 17.4. The number of Topliss-reactive ketones (excluding diaryl/α,β-unsaturated/α-hetero) is 2. The molecule has 5 heterocycles. The van der Waals surface area contributed by atoms with Gasteiger partial charge in [-0.1, -0.05) is 62.4 Å². The fraction of sp³-hybridized carbons (Fsp3) is 0.409. The molecule has 10 rings (SSSR count). The number of ether oxygens (including phenoxy) is 3. The number of nitrogens with zero attached hydrogens (tertiary/aromatic N) is 3. The van der Waals surface area contributed by atoms with Crippen LogP contribution in [-0.4, -0.2) is 95.2 Å². The number of nitrogens with one attached hydrogen (secondary N) is 2. The van der Waals surface area contributed by atoms with E-state index in [0.717, 1.165) is 58.5 Å². The Bertz CT molecular complexity index is 3380. The predicted molar refractivity (Wildman–Crippen MR) is 320 cm³/mol. The van der Waals surface area contributed by atoms with Crippen molar-refractivity contribution in [3.8, 4) is 17.2 Å². The zero-order chi connectivity index (χ0) is 57.8. The van der Waals surface area contributed by atoms with Gasteiger partial charge in [0.05, 0.1) is 18.4 Å². The minimum absolute atomic E-state index is 0. The zero-order valence-electron chi connectivity index (χ0n) is 48.2. The third-order valence-electron chi connectivity index (χ3n) is 16.5. The molecule has 5 aliphatic heterocycles. The van der Waals surface area contributed by atoms with Gasteiger partial charge in [0.1, 0.15) is 24.7 Å². The molecule has 5 atom stereocenters. The molecule has 0 spiro atoms. The molecule has 0 aromatic heterocycles. The van der Waals surface area contributed by atoms with Crippen LogP contribution in [0.1, 0.15) is 139 Å². The van der Waals surface area contributed by atoms with E-state index in [4.69, 9.17) is 14.2 Å². The van der Waals surface area contributed by atoms with E-state index in [2.05, 4.69) is 29.2 Å². The Morgan fingerprint density at radius 3 is 2.05 bits per heavy atom. The number of aryl methyl sites for hydroxylation is 2. The molecule has 445 valence electrons. The molecule has 5 aromatic carbocycles. The third kappa shape index (κ3) is 15.1. The largest absolute Gasteiger partial charge is 0.493 e. The zero-order valence-corrected chi connectivity index (χ0v) is 54.8. The van der Waals surface area contributed by atoms with Gasteiger partial charge in [-0.3, -0.25) is 43.3 Å². The SMILES string of the molecule is C.COc1cc2c(cc1OCc1cc(COc3cc4c(cc3C)C(=O)N3c5ccccc5C[C@H]3CC4)cc(NC(=O)[C@H](C)CC(=O)[C@H](C)NC(=O)CCCCC(=O)CCCN3C(=O)CC(SC)C3=O)c1)C[CH-][C@@H]1Cc3ccccc3N1C2=O.[W].[Y]. The Morgan fingerprint density at radius 1 is 0.729 bits per heavy atom. The van der Waals surface area contributed by atoms with Crippen molar-refractivity contribution in [1.82, 2.24) is 10.2 Å². The van der Waals surface area contributed by atoms with Crippen molar-refractivity contribution < 1.29 is 106 Å². The number of likely N-dealkylation sites (tertiary alicyclic amines) is 1. The Hall–Kier alpha value is -6.00. The Kier molecular flexibility index (Phi) is 23.2. The fourth-order valence-electron chi connectivity index (χ4n) is 12.0. The summed E-state index contributed by atoms with van der Waals surface area (Å²) in [6.45, 7) is 5.56. The molecular formula is C66H74N5O11SWY-. The van der Waals surface area contributed by atoms with Gasteiger partial charge in [-0.25, -0.2) is 0 Å². The maximum Gasteiger partial charge on any atom is 0.258 e. The van der Waals surface area contributed by atoms with Crippen LogP contribution >= 0.6 is 11.8 Å².